The number of hydrogen-bond donors (Lipinski definition) is 0. The van der Waals surface area contributed by atoms with E-state index >= 15 is 0 Å². The summed E-state index contributed by atoms with van der Waals surface area (Å²) in [6.45, 7) is 2.08. The van der Waals surface area contributed by atoms with E-state index in [-0.39, 0.29) is 0 Å². The molecule has 0 N–H and O–H groups in total. The van der Waals surface area contributed by atoms with Gasteiger partial charge in [0.2, 0.25) is 0 Å². The van der Waals surface area contributed by atoms with Gasteiger partial charge in [0.1, 0.15) is 4.49 Å². The van der Waals surface area contributed by atoms with E-state index in [1.54, 1.807) is 0 Å². The highest BCUT2D eigenvalue weighted by Crippen LogP contribution is 2.11. The molecule has 0 heterocycles. The molecule has 0 saturated carbocycles. The molecule has 0 atom stereocenters. The average molecular weight is 215 g/mol. The van der Waals surface area contributed by atoms with Crippen molar-refractivity contribution in [2.45, 2.75) is 19.8 Å². The molecule has 0 unspecified atom stereocenters. The lowest BCUT2D eigenvalue weighted by molar-refractivity contribution is 1.00. The van der Waals surface area contributed by atoms with E-state index in [0.29, 0.717) is 4.49 Å². The van der Waals surface area contributed by atoms with Crippen LogP contribution in [0.25, 0.3) is 0 Å². The van der Waals surface area contributed by atoms with Gasteiger partial charge in [-0.15, -0.1) is 0 Å². The monoisotopic (exact) mass is 214 g/mol. The van der Waals surface area contributed by atoms with Crippen molar-refractivity contribution in [3.05, 3.63) is 46.0 Å². The number of rotatable bonds is 3. The van der Waals surface area contributed by atoms with Crippen molar-refractivity contribution in [2.24, 2.45) is 0 Å². The van der Waals surface area contributed by atoms with Crippen LogP contribution in [0.15, 0.2) is 34.8 Å². The molecule has 2 heteroatoms. The Hall–Kier alpha value is -0.460. The van der Waals surface area contributed by atoms with Gasteiger partial charge in [-0.2, -0.15) is 0 Å². The van der Waals surface area contributed by atoms with Gasteiger partial charge in [-0.05, 0) is 25.3 Å². The molecule has 0 aliphatic rings. The van der Waals surface area contributed by atoms with Gasteiger partial charge in [-0.3, -0.25) is 0 Å². The zero-order valence-corrected chi connectivity index (χ0v) is 9.07. The summed E-state index contributed by atoms with van der Waals surface area (Å²) in [4.78, 5) is 0. The maximum atomic E-state index is 5.50. The first-order valence-corrected chi connectivity index (χ1v) is 5.01. The molecule has 0 spiro atoms. The maximum absolute atomic E-state index is 5.50. The topological polar surface area (TPSA) is 0 Å². The van der Waals surface area contributed by atoms with Crippen molar-refractivity contribution in [1.29, 1.82) is 0 Å². The van der Waals surface area contributed by atoms with Gasteiger partial charge in [0.05, 0.1) is 0 Å². The summed E-state index contributed by atoms with van der Waals surface area (Å²) in [6, 6.07) is 8.49. The molecule has 1 rings (SSSR count). The van der Waals surface area contributed by atoms with Gasteiger partial charge in [0.25, 0.3) is 0 Å². The lowest BCUT2D eigenvalue weighted by Gasteiger charge is -1.98. The fraction of sp³-hybridized carbons (Fsp3) is 0.273. The molecule has 1 aromatic rings. The van der Waals surface area contributed by atoms with Crippen molar-refractivity contribution in [1.82, 2.24) is 0 Å². The Morgan fingerprint density at radius 3 is 2.38 bits per heavy atom. The zero-order valence-electron chi connectivity index (χ0n) is 7.56. The number of aryl methyl sites for hydroxylation is 2. The predicted octanol–water partition coefficient (Wildman–Crippen LogP) is 4.25. The van der Waals surface area contributed by atoms with Crippen LogP contribution in [0, 0.1) is 6.92 Å². The summed E-state index contributed by atoms with van der Waals surface area (Å²) in [5.41, 5.74) is 2.60. The molecule has 13 heavy (non-hydrogen) atoms. The van der Waals surface area contributed by atoms with Crippen molar-refractivity contribution < 1.29 is 0 Å². The molecule has 0 aliphatic heterocycles. The lowest BCUT2D eigenvalue weighted by atomic mass is 10.1. The van der Waals surface area contributed by atoms with Gasteiger partial charge in [0.15, 0.2) is 0 Å². The third-order valence-corrected chi connectivity index (χ3v) is 2.16. The molecule has 0 bridgehead atoms. The molecular weight excluding hydrogens is 203 g/mol. The largest absolute Gasteiger partial charge is 0.102 e. The van der Waals surface area contributed by atoms with Crippen molar-refractivity contribution in [2.75, 3.05) is 0 Å². The molecule has 0 aromatic heterocycles. The van der Waals surface area contributed by atoms with Gasteiger partial charge in [0, 0.05) is 0 Å². The number of benzene rings is 1. The van der Waals surface area contributed by atoms with Crippen molar-refractivity contribution in [3.63, 3.8) is 0 Å². The molecule has 0 radical (unpaired) electrons. The number of halogens is 2. The Kier molecular flexibility index (Phi) is 4.34. The first-order chi connectivity index (χ1) is 6.18. The highest BCUT2D eigenvalue weighted by molar-refractivity contribution is 6.55. The molecule has 0 nitrogen and oxygen atoms in total. The minimum absolute atomic E-state index is 0.354. The van der Waals surface area contributed by atoms with E-state index < -0.39 is 0 Å². The fourth-order valence-corrected chi connectivity index (χ4v) is 1.32. The van der Waals surface area contributed by atoms with Gasteiger partial charge in [-0.1, -0.05) is 59.1 Å². The predicted molar refractivity (Wildman–Crippen MR) is 59.3 cm³/mol. The summed E-state index contributed by atoms with van der Waals surface area (Å²) < 4.78 is 0.354. The smallest absolute Gasteiger partial charge is 0.0712 e. The van der Waals surface area contributed by atoms with Crippen LogP contribution in [-0.4, -0.2) is 0 Å². The van der Waals surface area contributed by atoms with Crippen LogP contribution in [0.2, 0.25) is 0 Å². The molecule has 0 aliphatic carbocycles. The van der Waals surface area contributed by atoms with Crippen LogP contribution >= 0.6 is 23.2 Å². The number of allylic oxidation sites excluding steroid dienone is 1. The zero-order chi connectivity index (χ0) is 9.68. The summed E-state index contributed by atoms with van der Waals surface area (Å²) in [7, 11) is 0. The second-order valence-electron chi connectivity index (χ2n) is 3.02. The Labute approximate surface area is 89.2 Å². The van der Waals surface area contributed by atoms with E-state index in [0.717, 1.165) is 12.8 Å². The second kappa shape index (κ2) is 5.31. The van der Waals surface area contributed by atoms with E-state index in [1.165, 1.54) is 11.1 Å². The van der Waals surface area contributed by atoms with Crippen LogP contribution in [0.5, 0.6) is 0 Å². The molecule has 0 amide bonds. The molecule has 70 valence electrons. The molecule has 1 aromatic carbocycles. The van der Waals surface area contributed by atoms with E-state index in [1.807, 2.05) is 6.08 Å². The Morgan fingerprint density at radius 2 is 1.85 bits per heavy atom. The lowest BCUT2D eigenvalue weighted by Crippen LogP contribution is -1.83. The van der Waals surface area contributed by atoms with E-state index in [4.69, 9.17) is 23.2 Å². The van der Waals surface area contributed by atoms with Gasteiger partial charge in [-0.25, -0.2) is 0 Å². The van der Waals surface area contributed by atoms with Gasteiger partial charge >= 0.3 is 0 Å². The van der Waals surface area contributed by atoms with E-state index in [2.05, 4.69) is 31.2 Å². The Morgan fingerprint density at radius 1 is 1.23 bits per heavy atom. The number of hydrogen-bond acceptors (Lipinski definition) is 0. The van der Waals surface area contributed by atoms with Crippen LogP contribution in [-0.2, 0) is 6.42 Å². The molecule has 0 fully saturated rings. The summed E-state index contributed by atoms with van der Waals surface area (Å²) in [5, 5.41) is 0. The minimum atomic E-state index is 0.354. The van der Waals surface area contributed by atoms with Crippen LogP contribution in [0.1, 0.15) is 17.5 Å². The van der Waals surface area contributed by atoms with Crippen molar-refractivity contribution >= 4 is 23.2 Å². The average Bonchev–Trinajstić information content (AvgIpc) is 2.08. The molecular formula is C11H12Cl2. The third kappa shape index (κ3) is 4.35. The van der Waals surface area contributed by atoms with Crippen LogP contribution in [0.4, 0.5) is 0 Å². The van der Waals surface area contributed by atoms with Gasteiger partial charge < -0.3 is 0 Å². The highest BCUT2D eigenvalue weighted by Gasteiger charge is 1.91. The fourth-order valence-electron chi connectivity index (χ4n) is 1.10. The molecule has 0 saturated heterocycles. The van der Waals surface area contributed by atoms with Crippen LogP contribution in [0.3, 0.4) is 0 Å². The highest BCUT2D eigenvalue weighted by atomic mass is 35.5. The second-order valence-corrected chi connectivity index (χ2v) is 4.03. The van der Waals surface area contributed by atoms with E-state index in [9.17, 15) is 0 Å². The summed E-state index contributed by atoms with van der Waals surface area (Å²) >= 11 is 11.0. The quantitative estimate of drug-likeness (QED) is 0.707. The van der Waals surface area contributed by atoms with Crippen molar-refractivity contribution in [3.8, 4) is 0 Å². The normalized spacial score (nSPS) is 9.77. The Bertz CT molecular complexity index is 281. The SMILES string of the molecule is Cc1ccc(CCC=C(Cl)Cl)cc1. The summed E-state index contributed by atoms with van der Waals surface area (Å²) in [6.07, 6.45) is 3.71. The first-order valence-electron chi connectivity index (χ1n) is 4.25. The van der Waals surface area contributed by atoms with Crippen LogP contribution < -0.4 is 0 Å². The Balaban J connectivity index is 2.46. The maximum Gasteiger partial charge on any atom is 0.102 e. The minimum Gasteiger partial charge on any atom is -0.0712 e. The third-order valence-electron chi connectivity index (χ3n) is 1.85. The standard InChI is InChI=1S/C11H12Cl2/c1-9-5-7-10(8-6-9)3-2-4-11(12)13/h4-8H,2-3H2,1H3. The summed E-state index contributed by atoms with van der Waals surface area (Å²) in [5.74, 6) is 0. The first kappa shape index (κ1) is 10.6.